The van der Waals surface area contributed by atoms with Crippen LogP contribution in [0.25, 0.3) is 0 Å². The molecule has 0 atom stereocenters. The number of halogens is 2. The number of benzene rings is 2. The zero-order chi connectivity index (χ0) is 14.7. The third-order valence-corrected chi connectivity index (χ3v) is 3.56. The van der Waals surface area contributed by atoms with Crippen LogP contribution >= 0.6 is 28.1 Å². The lowest BCUT2D eigenvalue weighted by Gasteiger charge is -2.15. The first kappa shape index (κ1) is 14.7. The summed E-state index contributed by atoms with van der Waals surface area (Å²) >= 11 is 8.46. The van der Waals surface area contributed by atoms with Crippen molar-refractivity contribution >= 4 is 44.5 Å². The number of hydrogen-bond donors (Lipinski definition) is 2. The number of hydrogen-bond acceptors (Lipinski definition) is 3. The Morgan fingerprint density at radius 3 is 2.70 bits per heavy atom. The lowest BCUT2D eigenvalue weighted by molar-refractivity contribution is 0.413. The fourth-order valence-electron chi connectivity index (χ4n) is 1.79. The Labute approximate surface area is 130 Å². The van der Waals surface area contributed by atoms with E-state index in [1.165, 1.54) is 19.2 Å². The third kappa shape index (κ3) is 3.08. The summed E-state index contributed by atoms with van der Waals surface area (Å²) < 4.78 is 19.1. The largest absolute Gasteiger partial charge is 0.494 e. The van der Waals surface area contributed by atoms with Gasteiger partial charge in [0, 0.05) is 21.8 Å². The minimum absolute atomic E-state index is 0.265. The average molecular weight is 355 g/mol. The molecule has 0 saturated heterocycles. The van der Waals surface area contributed by atoms with Crippen LogP contribution in [0.3, 0.4) is 0 Å². The minimum Gasteiger partial charge on any atom is -0.494 e. The Kier molecular flexibility index (Phi) is 4.57. The van der Waals surface area contributed by atoms with Gasteiger partial charge < -0.3 is 15.8 Å². The van der Waals surface area contributed by atoms with E-state index in [-0.39, 0.29) is 10.8 Å². The van der Waals surface area contributed by atoms with E-state index in [1.54, 1.807) is 6.07 Å². The van der Waals surface area contributed by atoms with Crippen molar-refractivity contribution in [1.29, 1.82) is 0 Å². The van der Waals surface area contributed by atoms with Crippen LogP contribution in [0.4, 0.5) is 15.8 Å². The van der Waals surface area contributed by atoms with Gasteiger partial charge in [-0.15, -0.1) is 0 Å². The highest BCUT2D eigenvalue weighted by molar-refractivity contribution is 9.10. The van der Waals surface area contributed by atoms with E-state index in [4.69, 9.17) is 22.7 Å². The molecular weight excluding hydrogens is 343 g/mol. The predicted octanol–water partition coefficient (Wildman–Crippen LogP) is 3.97. The van der Waals surface area contributed by atoms with Crippen LogP contribution in [-0.4, -0.2) is 12.1 Å². The molecule has 3 N–H and O–H groups in total. The van der Waals surface area contributed by atoms with Gasteiger partial charge in [-0.25, -0.2) is 4.39 Å². The van der Waals surface area contributed by atoms with Gasteiger partial charge in [0.25, 0.3) is 0 Å². The minimum atomic E-state index is -0.365. The first-order valence-corrected chi connectivity index (χ1v) is 6.92. The van der Waals surface area contributed by atoms with Crippen LogP contribution in [0, 0.1) is 5.82 Å². The van der Waals surface area contributed by atoms with Gasteiger partial charge in [-0.1, -0.05) is 18.3 Å². The van der Waals surface area contributed by atoms with Gasteiger partial charge >= 0.3 is 0 Å². The average Bonchev–Trinajstić information content (AvgIpc) is 2.40. The molecule has 0 heterocycles. The summed E-state index contributed by atoms with van der Waals surface area (Å²) in [6.07, 6.45) is 0. The molecule has 0 spiro atoms. The van der Waals surface area contributed by atoms with Crippen LogP contribution in [-0.2, 0) is 0 Å². The smallest absolute Gasteiger partial charge is 0.145 e. The van der Waals surface area contributed by atoms with E-state index in [0.717, 1.165) is 10.2 Å². The molecule has 0 aliphatic heterocycles. The number of methoxy groups -OCH3 is 1. The molecule has 0 unspecified atom stereocenters. The summed E-state index contributed by atoms with van der Waals surface area (Å²) in [6.45, 7) is 0. The Balaban J connectivity index is 2.45. The van der Waals surface area contributed by atoms with Crippen LogP contribution in [0.5, 0.6) is 5.75 Å². The molecule has 6 heteroatoms. The zero-order valence-electron chi connectivity index (χ0n) is 10.6. The second-order valence-corrected chi connectivity index (χ2v) is 5.29. The molecule has 0 bridgehead atoms. The molecule has 0 radical (unpaired) electrons. The zero-order valence-corrected chi connectivity index (χ0v) is 13.0. The molecule has 2 aromatic carbocycles. The first-order chi connectivity index (χ1) is 9.52. The van der Waals surface area contributed by atoms with E-state index < -0.39 is 0 Å². The Morgan fingerprint density at radius 2 is 2.05 bits per heavy atom. The molecule has 0 amide bonds. The van der Waals surface area contributed by atoms with E-state index >= 15 is 0 Å². The molecule has 20 heavy (non-hydrogen) atoms. The van der Waals surface area contributed by atoms with Crippen molar-refractivity contribution in [3.8, 4) is 5.75 Å². The van der Waals surface area contributed by atoms with Gasteiger partial charge in [-0.05, 0) is 40.2 Å². The summed E-state index contributed by atoms with van der Waals surface area (Å²) in [4.78, 5) is 0.265. The molecule has 2 aromatic rings. The highest BCUT2D eigenvalue weighted by atomic mass is 79.9. The number of ether oxygens (including phenoxy) is 1. The lowest BCUT2D eigenvalue weighted by atomic mass is 10.1. The second-order valence-electron chi connectivity index (χ2n) is 4.00. The summed E-state index contributed by atoms with van der Waals surface area (Å²) in [7, 11) is 1.48. The van der Waals surface area contributed by atoms with Gasteiger partial charge in [-0.3, -0.25) is 0 Å². The van der Waals surface area contributed by atoms with E-state index in [0.29, 0.717) is 17.0 Å². The second kappa shape index (κ2) is 6.19. The SMILES string of the molecule is COc1cc(F)ccc1Nc1cccc(Br)c1C(N)=S. The number of rotatable bonds is 4. The molecule has 104 valence electrons. The Morgan fingerprint density at radius 1 is 1.30 bits per heavy atom. The Hall–Kier alpha value is -1.66. The summed E-state index contributed by atoms with van der Waals surface area (Å²) in [5.41, 5.74) is 7.77. The molecule has 0 fully saturated rings. The molecule has 3 nitrogen and oxygen atoms in total. The van der Waals surface area contributed by atoms with Crippen molar-refractivity contribution in [3.05, 3.63) is 52.3 Å². The number of thiocarbonyl (C=S) groups is 1. The lowest BCUT2D eigenvalue weighted by Crippen LogP contribution is -2.13. The van der Waals surface area contributed by atoms with Crippen molar-refractivity contribution in [2.75, 3.05) is 12.4 Å². The van der Waals surface area contributed by atoms with Crippen molar-refractivity contribution in [3.63, 3.8) is 0 Å². The van der Waals surface area contributed by atoms with E-state index in [2.05, 4.69) is 21.2 Å². The number of nitrogens with two attached hydrogens (primary N) is 1. The highest BCUT2D eigenvalue weighted by Crippen LogP contribution is 2.32. The standard InChI is InChI=1S/C14H12BrFN2OS/c1-19-12-7-8(16)5-6-10(12)18-11-4-2-3-9(15)13(11)14(17)20/h2-7,18H,1H3,(H2,17,20). The van der Waals surface area contributed by atoms with Crippen LogP contribution in [0.2, 0.25) is 0 Å². The first-order valence-electron chi connectivity index (χ1n) is 5.72. The van der Waals surface area contributed by atoms with Gasteiger partial charge in [0.15, 0.2) is 0 Å². The maximum absolute atomic E-state index is 13.2. The van der Waals surface area contributed by atoms with Crippen molar-refractivity contribution in [2.24, 2.45) is 5.73 Å². The topological polar surface area (TPSA) is 47.3 Å². The van der Waals surface area contributed by atoms with Gasteiger partial charge in [0.05, 0.1) is 12.8 Å². The van der Waals surface area contributed by atoms with Crippen LogP contribution in [0.1, 0.15) is 5.56 Å². The van der Waals surface area contributed by atoms with Crippen LogP contribution < -0.4 is 15.8 Å². The number of nitrogens with one attached hydrogen (secondary N) is 1. The summed E-state index contributed by atoms with van der Waals surface area (Å²) in [6, 6.07) is 9.79. The van der Waals surface area contributed by atoms with Gasteiger partial charge in [0.2, 0.25) is 0 Å². The van der Waals surface area contributed by atoms with Gasteiger partial charge in [0.1, 0.15) is 16.6 Å². The summed E-state index contributed by atoms with van der Waals surface area (Å²) in [5, 5.41) is 3.15. The van der Waals surface area contributed by atoms with Crippen molar-refractivity contribution in [2.45, 2.75) is 0 Å². The highest BCUT2D eigenvalue weighted by Gasteiger charge is 2.12. The number of anilines is 2. The molecule has 0 aliphatic carbocycles. The van der Waals surface area contributed by atoms with Gasteiger partial charge in [-0.2, -0.15) is 0 Å². The normalized spacial score (nSPS) is 10.2. The van der Waals surface area contributed by atoms with Crippen molar-refractivity contribution < 1.29 is 9.13 Å². The molecular formula is C14H12BrFN2OS. The fourth-order valence-corrected chi connectivity index (χ4v) is 2.72. The molecule has 2 rings (SSSR count). The molecule has 0 aromatic heterocycles. The third-order valence-electron chi connectivity index (χ3n) is 2.69. The molecule has 0 aliphatic rings. The maximum atomic E-state index is 13.2. The van der Waals surface area contributed by atoms with Crippen LogP contribution in [0.15, 0.2) is 40.9 Å². The quantitative estimate of drug-likeness (QED) is 0.815. The molecule has 0 saturated carbocycles. The van der Waals surface area contributed by atoms with E-state index in [1.807, 2.05) is 18.2 Å². The van der Waals surface area contributed by atoms with Crippen molar-refractivity contribution in [1.82, 2.24) is 0 Å². The Bertz CT molecular complexity index is 664. The van der Waals surface area contributed by atoms with E-state index in [9.17, 15) is 4.39 Å². The predicted molar refractivity (Wildman–Crippen MR) is 86.3 cm³/mol. The fraction of sp³-hybridized carbons (Fsp3) is 0.0714. The summed E-state index contributed by atoms with van der Waals surface area (Å²) in [5.74, 6) is 0.0371. The maximum Gasteiger partial charge on any atom is 0.145 e. The monoisotopic (exact) mass is 354 g/mol.